The maximum atomic E-state index is 5.41. The van der Waals surface area contributed by atoms with E-state index in [0.29, 0.717) is 5.82 Å². The third-order valence-corrected chi connectivity index (χ3v) is 15.5. The van der Waals surface area contributed by atoms with Gasteiger partial charge in [0, 0.05) is 36.9 Å². The predicted octanol–water partition coefficient (Wildman–Crippen LogP) is 17.2. The lowest BCUT2D eigenvalue weighted by molar-refractivity contribution is 0.794. The molecule has 0 saturated heterocycles. The van der Waals surface area contributed by atoms with E-state index in [1.807, 2.05) is 17.4 Å². The van der Waals surface area contributed by atoms with Crippen molar-refractivity contribution in [3.05, 3.63) is 265 Å². The average Bonchev–Trinajstić information content (AvgIpc) is 4.05. The van der Waals surface area contributed by atoms with Crippen molar-refractivity contribution in [3.8, 4) is 89.5 Å². The second-order valence-corrected chi connectivity index (χ2v) is 19.1. The van der Waals surface area contributed by atoms with E-state index in [2.05, 4.69) is 237 Å². The average molecular weight is 881 g/mol. The third-order valence-electron chi connectivity index (χ3n) is 14.3. The molecule has 0 saturated carbocycles. The first-order valence-electron chi connectivity index (χ1n) is 23.3. The maximum absolute atomic E-state index is 5.41. The van der Waals surface area contributed by atoms with Gasteiger partial charge in [-0.25, -0.2) is 9.97 Å². The minimum atomic E-state index is -0.405. The first-order valence-corrected chi connectivity index (χ1v) is 24.1. The van der Waals surface area contributed by atoms with Crippen LogP contribution in [0.15, 0.2) is 243 Å². The lowest BCUT2D eigenvalue weighted by Crippen LogP contribution is -2.25. The molecule has 3 heteroatoms. The molecule has 14 rings (SSSR count). The van der Waals surface area contributed by atoms with Gasteiger partial charge in [-0.2, -0.15) is 0 Å². The van der Waals surface area contributed by atoms with Crippen LogP contribution in [-0.2, 0) is 5.41 Å². The standard InChI is InChI=1S/C65H40N2S/c1-3-15-41(16-4-1)42-27-29-43(30-28-42)47-35-48(45-32-34-63-55(38-45)53-22-10-14-26-62(53)68-63)37-49(36-47)61-40-60(66-64(67-61)44-17-5-2-6-18-44)46-31-33-59-54(39-46)52-21-9-13-25-58(52)65(59)56-23-11-7-19-50(56)51-20-8-12-24-57(51)65/h1-40H. The molecule has 2 aliphatic carbocycles. The molecule has 2 heterocycles. The van der Waals surface area contributed by atoms with Crippen molar-refractivity contribution in [1.82, 2.24) is 9.97 Å². The summed E-state index contributed by atoms with van der Waals surface area (Å²) >= 11 is 1.85. The first kappa shape index (κ1) is 38.7. The van der Waals surface area contributed by atoms with Gasteiger partial charge in [-0.15, -0.1) is 11.3 Å². The second kappa shape index (κ2) is 15.3. The van der Waals surface area contributed by atoms with Crippen LogP contribution in [0.5, 0.6) is 0 Å². The number of nitrogens with zero attached hydrogens (tertiary/aromatic N) is 2. The van der Waals surface area contributed by atoms with Gasteiger partial charge in [-0.3, -0.25) is 0 Å². The molecule has 2 aromatic heterocycles. The van der Waals surface area contributed by atoms with E-state index < -0.39 is 5.41 Å². The Morgan fingerprint density at radius 2 is 0.721 bits per heavy atom. The molecule has 12 aromatic rings. The summed E-state index contributed by atoms with van der Waals surface area (Å²) in [5, 5.41) is 2.57. The summed E-state index contributed by atoms with van der Waals surface area (Å²) in [5.41, 5.74) is 21.8. The van der Waals surface area contributed by atoms with E-state index in [1.165, 1.54) is 81.4 Å². The van der Waals surface area contributed by atoms with Crippen molar-refractivity contribution in [1.29, 1.82) is 0 Å². The van der Waals surface area contributed by atoms with E-state index in [-0.39, 0.29) is 0 Å². The molecular weight excluding hydrogens is 841 g/mol. The summed E-state index contributed by atoms with van der Waals surface area (Å²) in [4.78, 5) is 10.8. The number of fused-ring (bicyclic) bond motifs is 13. The molecular formula is C65H40N2S. The van der Waals surface area contributed by atoms with Gasteiger partial charge in [-0.1, -0.05) is 194 Å². The molecule has 0 N–H and O–H groups in total. The number of hydrogen-bond donors (Lipinski definition) is 0. The molecule has 68 heavy (non-hydrogen) atoms. The number of rotatable bonds is 6. The van der Waals surface area contributed by atoms with Gasteiger partial charge in [0.05, 0.1) is 16.8 Å². The number of thiophene rings is 1. The van der Waals surface area contributed by atoms with Crippen molar-refractivity contribution < 1.29 is 0 Å². The lowest BCUT2D eigenvalue weighted by Gasteiger charge is -2.30. The molecule has 0 fully saturated rings. The Labute approximate surface area is 399 Å². The first-order chi connectivity index (χ1) is 33.7. The number of hydrogen-bond acceptors (Lipinski definition) is 3. The van der Waals surface area contributed by atoms with Crippen LogP contribution in [0.2, 0.25) is 0 Å². The van der Waals surface area contributed by atoms with Gasteiger partial charge in [0.25, 0.3) is 0 Å². The maximum Gasteiger partial charge on any atom is 0.160 e. The Hall–Kier alpha value is -8.50. The fraction of sp³-hybridized carbons (Fsp3) is 0.0154. The highest BCUT2D eigenvalue weighted by atomic mass is 32.1. The van der Waals surface area contributed by atoms with Gasteiger partial charge >= 0.3 is 0 Å². The smallest absolute Gasteiger partial charge is 0.160 e. The van der Waals surface area contributed by atoms with Crippen molar-refractivity contribution in [2.45, 2.75) is 5.41 Å². The minimum absolute atomic E-state index is 0.405. The van der Waals surface area contributed by atoms with Crippen LogP contribution in [-0.4, -0.2) is 9.97 Å². The fourth-order valence-corrected chi connectivity index (χ4v) is 12.3. The molecule has 2 aliphatic rings. The van der Waals surface area contributed by atoms with Crippen LogP contribution in [0.25, 0.3) is 110 Å². The van der Waals surface area contributed by atoms with Crippen LogP contribution >= 0.6 is 11.3 Å². The predicted molar refractivity (Wildman–Crippen MR) is 284 cm³/mol. The molecule has 0 atom stereocenters. The summed E-state index contributed by atoms with van der Waals surface area (Å²) < 4.78 is 2.60. The van der Waals surface area contributed by atoms with Crippen molar-refractivity contribution in [2.24, 2.45) is 0 Å². The van der Waals surface area contributed by atoms with E-state index in [1.54, 1.807) is 0 Å². The monoisotopic (exact) mass is 880 g/mol. The van der Waals surface area contributed by atoms with Crippen LogP contribution in [0.3, 0.4) is 0 Å². The van der Waals surface area contributed by atoms with Crippen molar-refractivity contribution >= 4 is 31.5 Å². The van der Waals surface area contributed by atoms with E-state index in [0.717, 1.165) is 44.8 Å². The van der Waals surface area contributed by atoms with Gasteiger partial charge in [0.1, 0.15) is 0 Å². The van der Waals surface area contributed by atoms with E-state index in [4.69, 9.17) is 9.97 Å². The molecule has 0 radical (unpaired) electrons. The summed E-state index contributed by atoms with van der Waals surface area (Å²) in [6.45, 7) is 0. The Balaban J connectivity index is 0.963. The molecule has 0 bridgehead atoms. The molecule has 0 aliphatic heterocycles. The third kappa shape index (κ3) is 5.96. The highest BCUT2D eigenvalue weighted by Gasteiger charge is 2.51. The SMILES string of the molecule is c1ccc(-c2ccc(-c3cc(-c4ccc5sc6ccccc6c5c4)cc(-c4cc(-c5ccc6c(c5)-c5ccccc5C65c6ccccc6-c6ccccc65)nc(-c5ccccc5)n4)c3)cc2)cc1. The highest BCUT2D eigenvalue weighted by Crippen LogP contribution is 2.63. The molecule has 10 aromatic carbocycles. The largest absolute Gasteiger partial charge is 0.228 e. The van der Waals surface area contributed by atoms with Crippen molar-refractivity contribution in [3.63, 3.8) is 0 Å². The molecule has 0 amide bonds. The molecule has 316 valence electrons. The molecule has 2 nitrogen and oxygen atoms in total. The Morgan fingerprint density at radius 3 is 1.40 bits per heavy atom. The molecule has 0 unspecified atom stereocenters. The normalized spacial score (nSPS) is 12.8. The zero-order chi connectivity index (χ0) is 44.8. The summed E-state index contributed by atoms with van der Waals surface area (Å²) in [5.74, 6) is 0.694. The van der Waals surface area contributed by atoms with Gasteiger partial charge in [0.2, 0.25) is 0 Å². The topological polar surface area (TPSA) is 25.8 Å². The van der Waals surface area contributed by atoms with E-state index in [9.17, 15) is 0 Å². The van der Waals surface area contributed by atoms with Crippen LogP contribution in [0.4, 0.5) is 0 Å². The van der Waals surface area contributed by atoms with Crippen LogP contribution in [0.1, 0.15) is 22.3 Å². The Bertz CT molecular complexity index is 3910. The van der Waals surface area contributed by atoms with Gasteiger partial charge < -0.3 is 0 Å². The van der Waals surface area contributed by atoms with Crippen LogP contribution < -0.4 is 0 Å². The van der Waals surface area contributed by atoms with Gasteiger partial charge in [0.15, 0.2) is 5.82 Å². The zero-order valence-corrected chi connectivity index (χ0v) is 37.7. The van der Waals surface area contributed by atoms with Gasteiger partial charge in [-0.05, 0) is 126 Å². The second-order valence-electron chi connectivity index (χ2n) is 18.0. The fourth-order valence-electron chi connectivity index (χ4n) is 11.2. The summed E-state index contributed by atoms with van der Waals surface area (Å²) in [6, 6.07) is 88.7. The summed E-state index contributed by atoms with van der Waals surface area (Å²) in [6.07, 6.45) is 0. The van der Waals surface area contributed by atoms with E-state index >= 15 is 0 Å². The highest BCUT2D eigenvalue weighted by molar-refractivity contribution is 7.25. The van der Waals surface area contributed by atoms with Crippen molar-refractivity contribution in [2.75, 3.05) is 0 Å². The zero-order valence-electron chi connectivity index (χ0n) is 36.9. The van der Waals surface area contributed by atoms with Crippen LogP contribution in [0, 0.1) is 0 Å². The Kier molecular flexibility index (Phi) is 8.71. The summed E-state index contributed by atoms with van der Waals surface area (Å²) in [7, 11) is 0. The minimum Gasteiger partial charge on any atom is -0.228 e. The lowest BCUT2D eigenvalue weighted by atomic mass is 9.70. The Morgan fingerprint density at radius 1 is 0.265 bits per heavy atom. The number of benzene rings is 10. The quantitative estimate of drug-likeness (QED) is 0.166. The molecule has 1 spiro atoms. The number of aromatic nitrogens is 2.